The van der Waals surface area contributed by atoms with Gasteiger partial charge in [-0.15, -0.1) is 0 Å². The molecule has 1 fully saturated rings. The Morgan fingerprint density at radius 1 is 1.50 bits per heavy atom. The van der Waals surface area contributed by atoms with Gasteiger partial charge in [0, 0.05) is 6.04 Å². The van der Waals surface area contributed by atoms with Gasteiger partial charge in [-0.3, -0.25) is 5.10 Å². The second-order valence-electron chi connectivity index (χ2n) is 4.99. The van der Waals surface area contributed by atoms with Crippen LogP contribution in [-0.2, 0) is 0 Å². The van der Waals surface area contributed by atoms with E-state index in [1.165, 1.54) is 19.3 Å². The van der Waals surface area contributed by atoms with Gasteiger partial charge in [0.1, 0.15) is 5.82 Å². The topological polar surface area (TPSA) is 92.5 Å². The molecule has 4 N–H and O–H groups in total. The predicted octanol–water partition coefficient (Wildman–Crippen LogP) is 1.93. The summed E-state index contributed by atoms with van der Waals surface area (Å²) in [6.07, 6.45) is 6.76. The maximum absolute atomic E-state index is 5.70. The molecule has 2 aromatic rings. The maximum Gasteiger partial charge on any atom is 0.224 e. The minimum Gasteiger partial charge on any atom is -0.368 e. The van der Waals surface area contributed by atoms with Crippen molar-refractivity contribution in [1.29, 1.82) is 0 Å². The van der Waals surface area contributed by atoms with Gasteiger partial charge in [0.25, 0.3) is 0 Å². The molecule has 2 heterocycles. The Hall–Kier alpha value is -1.85. The third-order valence-corrected chi connectivity index (χ3v) is 3.48. The molecule has 0 spiro atoms. The molecule has 3 rings (SSSR count). The Morgan fingerprint density at radius 3 is 3.06 bits per heavy atom. The number of nitrogen functional groups attached to an aromatic ring is 1. The summed E-state index contributed by atoms with van der Waals surface area (Å²) in [5.74, 6) is 1.95. The first-order valence-electron chi connectivity index (χ1n) is 6.49. The van der Waals surface area contributed by atoms with E-state index in [4.69, 9.17) is 5.73 Å². The number of nitrogens with one attached hydrogen (secondary N) is 2. The van der Waals surface area contributed by atoms with Gasteiger partial charge in [0.05, 0.1) is 11.6 Å². The second-order valence-corrected chi connectivity index (χ2v) is 4.99. The van der Waals surface area contributed by atoms with Crippen LogP contribution in [0.25, 0.3) is 11.0 Å². The zero-order valence-corrected chi connectivity index (χ0v) is 10.5. The van der Waals surface area contributed by atoms with Crippen molar-refractivity contribution in [1.82, 2.24) is 20.2 Å². The quantitative estimate of drug-likeness (QED) is 0.749. The van der Waals surface area contributed by atoms with Crippen LogP contribution < -0.4 is 11.1 Å². The van der Waals surface area contributed by atoms with Crippen molar-refractivity contribution < 1.29 is 0 Å². The van der Waals surface area contributed by atoms with Gasteiger partial charge >= 0.3 is 0 Å². The average Bonchev–Trinajstić information content (AvgIpc) is 3.03. The minimum atomic E-state index is 0.274. The monoisotopic (exact) mass is 246 g/mol. The maximum atomic E-state index is 5.70. The lowest BCUT2D eigenvalue weighted by atomic mass is 10.1. The standard InChI is InChI=1S/C12H18N6/c1-2-8(5-7-3-4-7)15-10-9-6-14-18-11(9)17-12(13)16-10/h6-8H,2-5H2,1H3,(H4,13,14,15,16,17,18). The van der Waals surface area contributed by atoms with E-state index >= 15 is 0 Å². The lowest BCUT2D eigenvalue weighted by Gasteiger charge is -2.17. The molecular weight excluding hydrogens is 228 g/mol. The van der Waals surface area contributed by atoms with Crippen LogP contribution in [0.4, 0.5) is 11.8 Å². The number of aromatic nitrogens is 4. The molecule has 0 amide bonds. The number of nitrogens with two attached hydrogens (primary N) is 1. The summed E-state index contributed by atoms with van der Waals surface area (Å²) in [7, 11) is 0. The van der Waals surface area contributed by atoms with Gasteiger partial charge in [-0.1, -0.05) is 19.8 Å². The molecule has 2 aromatic heterocycles. The normalized spacial score (nSPS) is 16.9. The van der Waals surface area contributed by atoms with Gasteiger partial charge in [-0.2, -0.15) is 15.1 Å². The Kier molecular flexibility index (Phi) is 2.77. The number of hydrogen-bond donors (Lipinski definition) is 3. The van der Waals surface area contributed by atoms with E-state index in [2.05, 4.69) is 32.4 Å². The number of H-pyrrole nitrogens is 1. The van der Waals surface area contributed by atoms with Gasteiger partial charge in [0.2, 0.25) is 5.95 Å². The van der Waals surface area contributed by atoms with Crippen molar-refractivity contribution in [2.45, 2.75) is 38.6 Å². The third kappa shape index (κ3) is 2.23. The van der Waals surface area contributed by atoms with Crippen LogP contribution in [0.5, 0.6) is 0 Å². The van der Waals surface area contributed by atoms with E-state index in [0.717, 1.165) is 23.5 Å². The number of anilines is 2. The summed E-state index contributed by atoms with van der Waals surface area (Å²) < 4.78 is 0. The Morgan fingerprint density at radius 2 is 2.33 bits per heavy atom. The number of hydrogen-bond acceptors (Lipinski definition) is 5. The summed E-state index contributed by atoms with van der Waals surface area (Å²) >= 11 is 0. The molecule has 0 radical (unpaired) electrons. The summed E-state index contributed by atoms with van der Waals surface area (Å²) in [6, 6.07) is 0.449. The van der Waals surface area contributed by atoms with E-state index < -0.39 is 0 Å². The SMILES string of the molecule is CCC(CC1CC1)Nc1nc(N)nc2[nH]ncc12. The lowest BCUT2D eigenvalue weighted by molar-refractivity contribution is 0.586. The van der Waals surface area contributed by atoms with Gasteiger partial charge in [0.15, 0.2) is 5.65 Å². The Balaban J connectivity index is 1.85. The largest absolute Gasteiger partial charge is 0.368 e. The van der Waals surface area contributed by atoms with Crippen molar-refractivity contribution in [2.24, 2.45) is 5.92 Å². The molecule has 0 aliphatic heterocycles. The van der Waals surface area contributed by atoms with Gasteiger partial charge in [-0.05, 0) is 18.8 Å². The molecule has 18 heavy (non-hydrogen) atoms. The highest BCUT2D eigenvalue weighted by Gasteiger charge is 2.25. The molecule has 0 bridgehead atoms. The highest BCUT2D eigenvalue weighted by molar-refractivity contribution is 5.86. The van der Waals surface area contributed by atoms with Crippen molar-refractivity contribution >= 4 is 22.8 Å². The van der Waals surface area contributed by atoms with Crippen LogP contribution in [-0.4, -0.2) is 26.2 Å². The van der Waals surface area contributed by atoms with Crippen LogP contribution >= 0.6 is 0 Å². The molecular formula is C12H18N6. The summed E-state index contributed by atoms with van der Waals surface area (Å²) in [6.45, 7) is 2.19. The second kappa shape index (κ2) is 4.44. The molecule has 96 valence electrons. The zero-order chi connectivity index (χ0) is 12.5. The number of rotatable bonds is 5. The van der Waals surface area contributed by atoms with Crippen molar-refractivity contribution in [3.63, 3.8) is 0 Å². The van der Waals surface area contributed by atoms with Gasteiger partial charge < -0.3 is 11.1 Å². The molecule has 6 nitrogen and oxygen atoms in total. The third-order valence-electron chi connectivity index (χ3n) is 3.48. The number of fused-ring (bicyclic) bond motifs is 1. The smallest absolute Gasteiger partial charge is 0.224 e. The van der Waals surface area contributed by atoms with Crippen molar-refractivity contribution in [3.8, 4) is 0 Å². The van der Waals surface area contributed by atoms with E-state index in [1.807, 2.05) is 0 Å². The van der Waals surface area contributed by atoms with Crippen LogP contribution in [0.3, 0.4) is 0 Å². The van der Waals surface area contributed by atoms with Gasteiger partial charge in [-0.25, -0.2) is 0 Å². The van der Waals surface area contributed by atoms with Crippen molar-refractivity contribution in [2.75, 3.05) is 11.1 Å². The van der Waals surface area contributed by atoms with Crippen LogP contribution in [0, 0.1) is 5.92 Å². The van der Waals surface area contributed by atoms with Crippen LogP contribution in [0.2, 0.25) is 0 Å². The molecule has 1 aliphatic rings. The minimum absolute atomic E-state index is 0.274. The fraction of sp³-hybridized carbons (Fsp3) is 0.583. The molecule has 1 unspecified atom stereocenters. The predicted molar refractivity (Wildman–Crippen MR) is 71.1 cm³/mol. The van der Waals surface area contributed by atoms with E-state index in [0.29, 0.717) is 11.7 Å². The molecule has 1 saturated carbocycles. The number of aromatic amines is 1. The first kappa shape index (κ1) is 11.3. The average molecular weight is 246 g/mol. The highest BCUT2D eigenvalue weighted by Crippen LogP contribution is 2.35. The molecule has 1 aliphatic carbocycles. The van der Waals surface area contributed by atoms with Crippen molar-refractivity contribution in [3.05, 3.63) is 6.20 Å². The van der Waals surface area contributed by atoms with Crippen LogP contribution in [0.1, 0.15) is 32.6 Å². The first-order chi connectivity index (χ1) is 8.76. The number of nitrogens with zero attached hydrogens (tertiary/aromatic N) is 3. The van der Waals surface area contributed by atoms with E-state index in [9.17, 15) is 0 Å². The zero-order valence-electron chi connectivity index (χ0n) is 10.5. The molecule has 0 aromatic carbocycles. The van der Waals surface area contributed by atoms with E-state index in [-0.39, 0.29) is 5.95 Å². The summed E-state index contributed by atoms with van der Waals surface area (Å²) in [4.78, 5) is 8.40. The summed E-state index contributed by atoms with van der Waals surface area (Å²) in [5, 5.41) is 11.2. The lowest BCUT2D eigenvalue weighted by Crippen LogP contribution is -2.20. The Labute approximate surface area is 105 Å². The summed E-state index contributed by atoms with van der Waals surface area (Å²) in [5.41, 5.74) is 6.39. The fourth-order valence-corrected chi connectivity index (χ4v) is 2.24. The molecule has 0 saturated heterocycles. The molecule has 1 atom stereocenters. The fourth-order valence-electron chi connectivity index (χ4n) is 2.24. The Bertz CT molecular complexity index is 544. The first-order valence-corrected chi connectivity index (χ1v) is 6.49. The molecule has 6 heteroatoms. The van der Waals surface area contributed by atoms with Crippen LogP contribution in [0.15, 0.2) is 6.20 Å². The van der Waals surface area contributed by atoms with E-state index in [1.54, 1.807) is 6.20 Å². The highest BCUT2D eigenvalue weighted by atomic mass is 15.2.